The van der Waals surface area contributed by atoms with Crippen LogP contribution in [-0.4, -0.2) is 42.3 Å². The van der Waals surface area contributed by atoms with E-state index in [-0.39, 0.29) is 23.6 Å². The number of nitrogens with zero attached hydrogens (tertiary/aromatic N) is 1. The lowest BCUT2D eigenvalue weighted by atomic mass is 9.89. The molecule has 0 unspecified atom stereocenters. The van der Waals surface area contributed by atoms with Gasteiger partial charge in [-0.2, -0.15) is 0 Å². The molecule has 2 aliphatic heterocycles. The van der Waals surface area contributed by atoms with Gasteiger partial charge in [0, 0.05) is 11.6 Å². The summed E-state index contributed by atoms with van der Waals surface area (Å²) < 4.78 is 0. The van der Waals surface area contributed by atoms with E-state index in [1.165, 1.54) is 56.4 Å². The van der Waals surface area contributed by atoms with Crippen molar-refractivity contribution < 1.29 is 14.4 Å². The van der Waals surface area contributed by atoms with Gasteiger partial charge in [0.15, 0.2) is 0 Å². The molecule has 0 atom stereocenters. The molecule has 6 heteroatoms. The number of anilines is 1. The van der Waals surface area contributed by atoms with Crippen LogP contribution >= 0.6 is 0 Å². The molecule has 38 heavy (non-hydrogen) atoms. The second-order valence-corrected chi connectivity index (χ2v) is 10.3. The van der Waals surface area contributed by atoms with Crippen molar-refractivity contribution in [1.82, 2.24) is 10.2 Å². The number of rotatable bonds is 7. The minimum absolute atomic E-state index is 0.00720. The van der Waals surface area contributed by atoms with Crippen LogP contribution in [0.4, 0.5) is 5.69 Å². The predicted molar refractivity (Wildman–Crippen MR) is 151 cm³/mol. The fourth-order valence-electron chi connectivity index (χ4n) is 4.92. The molecule has 2 heterocycles. The average molecular weight is 512 g/mol. The Morgan fingerprint density at radius 2 is 1.53 bits per heavy atom. The Labute approximate surface area is 225 Å². The third-order valence-electron chi connectivity index (χ3n) is 7.16. The van der Waals surface area contributed by atoms with Crippen LogP contribution in [0.25, 0.3) is 0 Å². The number of carbonyl (C=O) groups is 3. The van der Waals surface area contributed by atoms with E-state index in [0.29, 0.717) is 17.0 Å². The number of likely N-dealkylation sites (tertiary alicyclic amines) is 1. The highest BCUT2D eigenvalue weighted by Crippen LogP contribution is 2.29. The van der Waals surface area contributed by atoms with Crippen molar-refractivity contribution in [2.24, 2.45) is 5.92 Å². The number of aryl methyl sites for hydroxylation is 1. The first-order chi connectivity index (χ1) is 18.4. The maximum atomic E-state index is 11.9. The SMILES string of the molecule is CC(C)C(=O)Nc1cccc(C2CCN(CCCc3ccccc3)CC2)c1.O=C1NC(=O)c2ccccc21. The fourth-order valence-corrected chi connectivity index (χ4v) is 4.92. The Bertz CT molecular complexity index is 1210. The summed E-state index contributed by atoms with van der Waals surface area (Å²) in [6, 6.07) is 25.9. The average Bonchev–Trinajstić information content (AvgIpc) is 3.23. The summed E-state index contributed by atoms with van der Waals surface area (Å²) in [4.78, 5) is 36.4. The molecule has 0 bridgehead atoms. The molecule has 1 fully saturated rings. The maximum absolute atomic E-state index is 11.9. The van der Waals surface area contributed by atoms with Gasteiger partial charge in [0.05, 0.1) is 11.1 Å². The van der Waals surface area contributed by atoms with E-state index >= 15 is 0 Å². The van der Waals surface area contributed by atoms with Crippen molar-refractivity contribution >= 4 is 23.4 Å². The number of amides is 3. The van der Waals surface area contributed by atoms with Gasteiger partial charge >= 0.3 is 0 Å². The molecule has 0 spiro atoms. The quantitative estimate of drug-likeness (QED) is 0.401. The third kappa shape index (κ3) is 7.39. The zero-order chi connectivity index (χ0) is 26.9. The van der Waals surface area contributed by atoms with Gasteiger partial charge < -0.3 is 10.2 Å². The molecule has 0 aromatic heterocycles. The largest absolute Gasteiger partial charge is 0.326 e. The Kier molecular flexibility index (Phi) is 9.44. The Morgan fingerprint density at radius 1 is 0.895 bits per heavy atom. The van der Waals surface area contributed by atoms with E-state index in [1.807, 2.05) is 19.9 Å². The van der Waals surface area contributed by atoms with Crippen LogP contribution in [0.15, 0.2) is 78.9 Å². The van der Waals surface area contributed by atoms with Gasteiger partial charge in [0.2, 0.25) is 5.91 Å². The van der Waals surface area contributed by atoms with Gasteiger partial charge in [-0.05, 0) is 86.6 Å². The first kappa shape index (κ1) is 27.3. The minimum Gasteiger partial charge on any atom is -0.326 e. The molecule has 3 aromatic carbocycles. The van der Waals surface area contributed by atoms with Gasteiger partial charge in [0.1, 0.15) is 0 Å². The Hall–Kier alpha value is -3.77. The molecular formula is C32H37N3O3. The van der Waals surface area contributed by atoms with Crippen molar-refractivity contribution in [3.8, 4) is 0 Å². The smallest absolute Gasteiger partial charge is 0.258 e. The van der Waals surface area contributed by atoms with Gasteiger partial charge in [0.25, 0.3) is 11.8 Å². The van der Waals surface area contributed by atoms with Crippen LogP contribution in [0.2, 0.25) is 0 Å². The topological polar surface area (TPSA) is 78.5 Å². The molecule has 6 nitrogen and oxygen atoms in total. The van der Waals surface area contributed by atoms with E-state index in [4.69, 9.17) is 0 Å². The van der Waals surface area contributed by atoms with E-state index < -0.39 is 0 Å². The van der Waals surface area contributed by atoms with Crippen LogP contribution in [0.1, 0.15) is 70.9 Å². The number of fused-ring (bicyclic) bond motifs is 1. The van der Waals surface area contributed by atoms with Crippen LogP contribution in [0.3, 0.4) is 0 Å². The molecule has 3 amide bonds. The second-order valence-electron chi connectivity index (χ2n) is 10.3. The van der Waals surface area contributed by atoms with Gasteiger partial charge in [-0.1, -0.05) is 68.4 Å². The van der Waals surface area contributed by atoms with E-state index in [9.17, 15) is 14.4 Å². The van der Waals surface area contributed by atoms with Crippen molar-refractivity contribution in [2.75, 3.05) is 25.0 Å². The fraction of sp³-hybridized carbons (Fsp3) is 0.344. The van der Waals surface area contributed by atoms with Crippen molar-refractivity contribution in [1.29, 1.82) is 0 Å². The van der Waals surface area contributed by atoms with Crippen LogP contribution in [-0.2, 0) is 11.2 Å². The molecule has 3 aromatic rings. The second kappa shape index (κ2) is 13.2. The summed E-state index contributed by atoms with van der Waals surface area (Å²) >= 11 is 0. The number of hydrogen-bond donors (Lipinski definition) is 2. The summed E-state index contributed by atoms with van der Waals surface area (Å²) in [5, 5.41) is 5.23. The van der Waals surface area contributed by atoms with E-state index in [2.05, 4.69) is 64.1 Å². The number of piperidine rings is 1. The molecule has 2 N–H and O–H groups in total. The molecule has 198 valence electrons. The predicted octanol–water partition coefficient (Wildman–Crippen LogP) is 5.66. The summed E-state index contributed by atoms with van der Waals surface area (Å²) in [5.41, 5.74) is 4.67. The first-order valence-electron chi connectivity index (χ1n) is 13.5. The van der Waals surface area contributed by atoms with Crippen LogP contribution in [0, 0.1) is 5.92 Å². The zero-order valence-electron chi connectivity index (χ0n) is 22.3. The summed E-state index contributed by atoms with van der Waals surface area (Å²) in [7, 11) is 0. The first-order valence-corrected chi connectivity index (χ1v) is 13.5. The van der Waals surface area contributed by atoms with Crippen LogP contribution < -0.4 is 10.6 Å². The molecule has 2 aliphatic rings. The molecule has 0 radical (unpaired) electrons. The van der Waals surface area contributed by atoms with Gasteiger partial charge in [-0.25, -0.2) is 0 Å². The minimum atomic E-state index is -0.300. The van der Waals surface area contributed by atoms with Crippen molar-refractivity contribution in [3.63, 3.8) is 0 Å². The summed E-state index contributed by atoms with van der Waals surface area (Å²) in [6.07, 6.45) is 4.80. The number of imide groups is 1. The normalized spacial score (nSPS) is 15.4. The van der Waals surface area contributed by atoms with Crippen molar-refractivity contribution in [2.45, 2.75) is 45.4 Å². The Morgan fingerprint density at radius 3 is 2.16 bits per heavy atom. The number of benzene rings is 3. The van der Waals surface area contributed by atoms with Crippen molar-refractivity contribution in [3.05, 3.63) is 101 Å². The number of nitrogens with one attached hydrogen (secondary N) is 2. The highest BCUT2D eigenvalue weighted by Gasteiger charge is 2.25. The lowest BCUT2D eigenvalue weighted by Crippen LogP contribution is -2.33. The Balaban J connectivity index is 0.000000253. The van der Waals surface area contributed by atoms with Gasteiger partial charge in [-0.3, -0.25) is 19.7 Å². The molecule has 0 saturated carbocycles. The van der Waals surface area contributed by atoms with Crippen LogP contribution in [0.5, 0.6) is 0 Å². The van der Waals surface area contributed by atoms with Gasteiger partial charge in [-0.15, -0.1) is 0 Å². The summed E-state index contributed by atoms with van der Waals surface area (Å²) in [5.74, 6) is 0.0932. The molecule has 1 saturated heterocycles. The lowest BCUT2D eigenvalue weighted by molar-refractivity contribution is -0.118. The number of hydrogen-bond acceptors (Lipinski definition) is 4. The molecular weight excluding hydrogens is 474 g/mol. The number of carbonyl (C=O) groups excluding carboxylic acids is 3. The third-order valence-corrected chi connectivity index (χ3v) is 7.16. The molecule has 5 rings (SSSR count). The lowest BCUT2D eigenvalue weighted by Gasteiger charge is -2.32. The van der Waals surface area contributed by atoms with E-state index in [0.717, 1.165) is 5.69 Å². The molecule has 0 aliphatic carbocycles. The maximum Gasteiger partial charge on any atom is 0.258 e. The highest BCUT2D eigenvalue weighted by atomic mass is 16.2. The summed E-state index contributed by atoms with van der Waals surface area (Å²) in [6.45, 7) is 7.37. The zero-order valence-corrected chi connectivity index (χ0v) is 22.3. The monoisotopic (exact) mass is 511 g/mol. The standard InChI is InChI=1S/C24H32N2O.C8H5NO2/c1-19(2)24(27)25-23-12-6-11-22(18-23)21-13-16-26(17-14-21)15-7-10-20-8-4-3-5-9-20;10-7-5-3-1-2-4-6(5)8(11)9-7/h3-6,8-9,11-12,18-19,21H,7,10,13-17H2,1-2H3,(H,25,27);1-4H,(H,9,10,11). The highest BCUT2D eigenvalue weighted by molar-refractivity contribution is 6.21. The van der Waals surface area contributed by atoms with E-state index in [1.54, 1.807) is 24.3 Å².